The molecular formula is C24H21N5O3S. The summed E-state index contributed by atoms with van der Waals surface area (Å²) >= 11 is 0. The van der Waals surface area contributed by atoms with Gasteiger partial charge in [0.1, 0.15) is 18.8 Å². The zero-order valence-corrected chi connectivity index (χ0v) is 18.8. The molecule has 0 fully saturated rings. The van der Waals surface area contributed by atoms with Crippen molar-refractivity contribution in [3.8, 4) is 17.6 Å². The zero-order chi connectivity index (χ0) is 23.4. The van der Waals surface area contributed by atoms with Crippen LogP contribution >= 0.6 is 0 Å². The summed E-state index contributed by atoms with van der Waals surface area (Å²) in [5, 5.41) is 13.1. The van der Waals surface area contributed by atoms with Gasteiger partial charge in [0.2, 0.25) is 0 Å². The lowest BCUT2D eigenvalue weighted by Crippen LogP contribution is -2.01. The molecule has 1 atom stereocenters. The lowest BCUT2D eigenvalue weighted by atomic mass is 10.2. The van der Waals surface area contributed by atoms with Crippen molar-refractivity contribution in [3.05, 3.63) is 78.1 Å². The van der Waals surface area contributed by atoms with Crippen LogP contribution in [-0.4, -0.2) is 27.5 Å². The van der Waals surface area contributed by atoms with E-state index in [1.807, 2.05) is 12.1 Å². The van der Waals surface area contributed by atoms with Crippen molar-refractivity contribution >= 4 is 32.1 Å². The normalized spacial score (nSPS) is 12.5. The van der Waals surface area contributed by atoms with Crippen molar-refractivity contribution in [2.45, 2.75) is 11.5 Å². The molecule has 0 aliphatic rings. The van der Waals surface area contributed by atoms with Crippen LogP contribution in [0.25, 0.3) is 10.9 Å². The predicted molar refractivity (Wildman–Crippen MR) is 126 cm³/mol. The molecule has 8 nitrogen and oxygen atoms in total. The molecule has 0 spiro atoms. The summed E-state index contributed by atoms with van der Waals surface area (Å²) in [6.07, 6.45) is 2.84. The van der Waals surface area contributed by atoms with E-state index < -0.39 is 9.73 Å². The number of fused-ring (bicyclic) bond motifs is 1. The van der Waals surface area contributed by atoms with Gasteiger partial charge >= 0.3 is 0 Å². The third-order valence-electron chi connectivity index (χ3n) is 4.92. The molecular weight excluding hydrogens is 438 g/mol. The number of ether oxygens (including phenoxy) is 2. The smallest absolute Gasteiger partial charge is 0.163 e. The van der Waals surface area contributed by atoms with Gasteiger partial charge in [0, 0.05) is 28.3 Å². The van der Waals surface area contributed by atoms with Crippen LogP contribution < -0.4 is 14.8 Å². The van der Waals surface area contributed by atoms with E-state index in [4.69, 9.17) is 19.5 Å². The van der Waals surface area contributed by atoms with Crippen LogP contribution in [0.15, 0.2) is 71.9 Å². The first-order valence-electron chi connectivity index (χ1n) is 9.93. The number of rotatable bonds is 7. The molecule has 0 aliphatic heterocycles. The van der Waals surface area contributed by atoms with Gasteiger partial charge in [-0.2, -0.15) is 5.26 Å². The molecule has 4 rings (SSSR count). The third-order valence-corrected chi connectivity index (χ3v) is 6.07. The maximum atomic E-state index is 12.0. The topological polar surface area (TPSA) is 121 Å². The molecule has 1 heterocycles. The Kier molecular flexibility index (Phi) is 6.11. The average Bonchev–Trinajstić information content (AvgIpc) is 2.82. The quantitative estimate of drug-likeness (QED) is 0.404. The third kappa shape index (κ3) is 5.02. The molecule has 1 unspecified atom stereocenters. The monoisotopic (exact) mass is 459 g/mol. The minimum absolute atomic E-state index is 0.211. The molecule has 0 saturated heterocycles. The van der Waals surface area contributed by atoms with E-state index in [1.54, 1.807) is 55.6 Å². The number of methoxy groups -OCH3 is 1. The van der Waals surface area contributed by atoms with E-state index in [2.05, 4.69) is 21.4 Å². The number of nitrogens with zero attached hydrogens (tertiary/aromatic N) is 3. The van der Waals surface area contributed by atoms with Crippen LogP contribution in [0.5, 0.6) is 11.5 Å². The highest BCUT2D eigenvalue weighted by atomic mass is 32.2. The van der Waals surface area contributed by atoms with Crippen LogP contribution in [0.2, 0.25) is 0 Å². The van der Waals surface area contributed by atoms with Crippen molar-refractivity contribution in [1.82, 2.24) is 9.97 Å². The molecule has 0 amide bonds. The van der Waals surface area contributed by atoms with Crippen molar-refractivity contribution in [3.63, 3.8) is 0 Å². The highest BCUT2D eigenvalue weighted by Gasteiger charge is 2.13. The van der Waals surface area contributed by atoms with E-state index in [1.165, 1.54) is 12.6 Å². The van der Waals surface area contributed by atoms with E-state index in [0.29, 0.717) is 33.3 Å². The molecule has 33 heavy (non-hydrogen) atoms. The second kappa shape index (κ2) is 9.14. The van der Waals surface area contributed by atoms with Crippen LogP contribution in [0.4, 0.5) is 11.5 Å². The number of anilines is 2. The zero-order valence-electron chi connectivity index (χ0n) is 18.0. The second-order valence-corrected chi connectivity index (χ2v) is 9.50. The fourth-order valence-corrected chi connectivity index (χ4v) is 3.99. The SMILES string of the molecule is COc1cc2c(Nc3cccc(C#N)c3)ncnc2cc1OCc1cccc(S(C)(=N)=O)c1. The number of hydrogen-bond donors (Lipinski definition) is 2. The number of hydrogen-bond acceptors (Lipinski definition) is 8. The summed E-state index contributed by atoms with van der Waals surface area (Å²) in [7, 11) is -1.26. The molecule has 9 heteroatoms. The summed E-state index contributed by atoms with van der Waals surface area (Å²) in [5.41, 5.74) is 2.71. The van der Waals surface area contributed by atoms with Crippen LogP contribution in [0, 0.1) is 16.1 Å². The van der Waals surface area contributed by atoms with Gasteiger partial charge < -0.3 is 14.8 Å². The standard InChI is InChI=1S/C24H21N5O3S/c1-31-22-11-20-21(27-15-28-24(20)29-18-7-3-5-16(9-18)13-25)12-23(22)32-14-17-6-4-8-19(10-17)33(2,26)30/h3-12,15,26H,14H2,1-2H3,(H,27,28,29). The fourth-order valence-electron chi connectivity index (χ4n) is 3.28. The first-order chi connectivity index (χ1) is 15.9. The maximum Gasteiger partial charge on any atom is 0.163 e. The highest BCUT2D eigenvalue weighted by Crippen LogP contribution is 2.35. The van der Waals surface area contributed by atoms with Gasteiger partial charge in [0.15, 0.2) is 11.5 Å². The highest BCUT2D eigenvalue weighted by molar-refractivity contribution is 7.91. The average molecular weight is 460 g/mol. The largest absolute Gasteiger partial charge is 0.493 e. The van der Waals surface area contributed by atoms with Gasteiger partial charge in [-0.15, -0.1) is 0 Å². The summed E-state index contributed by atoms with van der Waals surface area (Å²) in [4.78, 5) is 9.15. The number of benzene rings is 3. The van der Waals surface area contributed by atoms with E-state index >= 15 is 0 Å². The van der Waals surface area contributed by atoms with Gasteiger partial charge in [0.05, 0.1) is 34.0 Å². The van der Waals surface area contributed by atoms with E-state index in [0.717, 1.165) is 16.6 Å². The summed E-state index contributed by atoms with van der Waals surface area (Å²) in [6.45, 7) is 0.211. The Hall–Kier alpha value is -4.16. The van der Waals surface area contributed by atoms with Gasteiger partial charge in [-0.3, -0.25) is 0 Å². The van der Waals surface area contributed by atoms with Crippen molar-refractivity contribution in [2.75, 3.05) is 18.7 Å². The molecule has 0 saturated carbocycles. The minimum atomic E-state index is -2.81. The molecule has 3 aromatic carbocycles. The molecule has 166 valence electrons. The molecule has 0 radical (unpaired) electrons. The number of nitrogens with one attached hydrogen (secondary N) is 2. The van der Waals surface area contributed by atoms with E-state index in [-0.39, 0.29) is 6.61 Å². The van der Waals surface area contributed by atoms with Gasteiger partial charge in [-0.05, 0) is 42.0 Å². The number of aromatic nitrogens is 2. The molecule has 0 bridgehead atoms. The summed E-state index contributed by atoms with van der Waals surface area (Å²) in [5.74, 6) is 1.57. The second-order valence-electron chi connectivity index (χ2n) is 7.34. The molecule has 4 aromatic rings. The van der Waals surface area contributed by atoms with Gasteiger partial charge in [-0.1, -0.05) is 18.2 Å². The van der Waals surface area contributed by atoms with Crippen molar-refractivity contribution in [2.24, 2.45) is 0 Å². The Morgan fingerprint density at radius 2 is 1.91 bits per heavy atom. The Morgan fingerprint density at radius 1 is 1.09 bits per heavy atom. The number of nitriles is 1. The minimum Gasteiger partial charge on any atom is -0.493 e. The Labute approximate surface area is 191 Å². The first-order valence-corrected chi connectivity index (χ1v) is 11.9. The summed E-state index contributed by atoms with van der Waals surface area (Å²) in [6, 6.07) is 19.8. The molecule has 1 aromatic heterocycles. The lowest BCUT2D eigenvalue weighted by molar-refractivity contribution is 0.285. The van der Waals surface area contributed by atoms with Crippen LogP contribution in [0.3, 0.4) is 0 Å². The van der Waals surface area contributed by atoms with Crippen LogP contribution in [-0.2, 0) is 16.3 Å². The van der Waals surface area contributed by atoms with Gasteiger partial charge in [0.25, 0.3) is 0 Å². The summed E-state index contributed by atoms with van der Waals surface area (Å²) < 4.78 is 31.3. The lowest BCUT2D eigenvalue weighted by Gasteiger charge is -2.14. The molecule has 0 aliphatic carbocycles. The Morgan fingerprint density at radius 3 is 2.67 bits per heavy atom. The fraction of sp³-hybridized carbons (Fsp3) is 0.125. The van der Waals surface area contributed by atoms with Crippen LogP contribution in [0.1, 0.15) is 11.1 Å². The van der Waals surface area contributed by atoms with Gasteiger partial charge in [-0.25, -0.2) is 19.0 Å². The Bertz CT molecular complexity index is 1480. The predicted octanol–water partition coefficient (Wildman–Crippen LogP) is 4.87. The van der Waals surface area contributed by atoms with Crippen molar-refractivity contribution < 1.29 is 13.7 Å². The molecule has 2 N–H and O–H groups in total. The van der Waals surface area contributed by atoms with Crippen molar-refractivity contribution in [1.29, 1.82) is 10.0 Å². The first kappa shape index (κ1) is 22.0. The Balaban J connectivity index is 1.64. The van der Waals surface area contributed by atoms with E-state index in [9.17, 15) is 4.21 Å². The maximum absolute atomic E-state index is 12.0.